The molecule has 1 aromatic heterocycles. The second kappa shape index (κ2) is 8.64. The third-order valence-electron chi connectivity index (χ3n) is 3.62. The SMILES string of the molecule is Cc1ccnc(NS(=O)(=O)c2ccc(NC(=O)Nc3ccc(Cl)c(Cl)c3)cc2)n1. The summed E-state index contributed by atoms with van der Waals surface area (Å²) in [6.07, 6.45) is 1.46. The highest BCUT2D eigenvalue weighted by atomic mass is 35.5. The second-order valence-electron chi connectivity index (χ2n) is 5.86. The molecule has 8 nitrogen and oxygen atoms in total. The molecule has 0 unspecified atom stereocenters. The molecule has 1 heterocycles. The summed E-state index contributed by atoms with van der Waals surface area (Å²) in [5.74, 6) is -0.0202. The zero-order chi connectivity index (χ0) is 21.0. The maximum atomic E-state index is 12.4. The van der Waals surface area contributed by atoms with Crippen LogP contribution in [0.5, 0.6) is 0 Å². The number of benzene rings is 2. The van der Waals surface area contributed by atoms with Gasteiger partial charge in [-0.15, -0.1) is 0 Å². The Morgan fingerprint density at radius 3 is 2.24 bits per heavy atom. The van der Waals surface area contributed by atoms with E-state index in [1.807, 2.05) is 0 Å². The molecule has 0 fully saturated rings. The smallest absolute Gasteiger partial charge is 0.308 e. The number of aryl methyl sites for hydroxylation is 1. The Hall–Kier alpha value is -2.88. The zero-order valence-corrected chi connectivity index (χ0v) is 17.3. The molecule has 0 bridgehead atoms. The molecule has 11 heteroatoms. The van der Waals surface area contributed by atoms with E-state index in [-0.39, 0.29) is 10.8 Å². The van der Waals surface area contributed by atoms with Gasteiger partial charge in [-0.25, -0.2) is 27.9 Å². The highest BCUT2D eigenvalue weighted by Crippen LogP contribution is 2.25. The number of nitrogens with zero attached hydrogens (tertiary/aromatic N) is 2. The van der Waals surface area contributed by atoms with Crippen LogP contribution in [0.2, 0.25) is 10.0 Å². The fraction of sp³-hybridized carbons (Fsp3) is 0.0556. The molecule has 0 aliphatic carbocycles. The van der Waals surface area contributed by atoms with Crippen LogP contribution in [-0.4, -0.2) is 24.4 Å². The number of urea groups is 1. The van der Waals surface area contributed by atoms with E-state index in [0.717, 1.165) is 0 Å². The molecule has 29 heavy (non-hydrogen) atoms. The fourth-order valence-corrected chi connectivity index (χ4v) is 3.51. The molecule has 0 aliphatic heterocycles. The van der Waals surface area contributed by atoms with Crippen LogP contribution in [0.3, 0.4) is 0 Å². The summed E-state index contributed by atoms with van der Waals surface area (Å²) in [5.41, 5.74) is 1.48. The number of aromatic nitrogens is 2. The molecule has 0 atom stereocenters. The summed E-state index contributed by atoms with van der Waals surface area (Å²) in [5, 5.41) is 5.88. The lowest BCUT2D eigenvalue weighted by molar-refractivity contribution is 0.262. The molecule has 150 valence electrons. The number of carbonyl (C=O) groups is 1. The summed E-state index contributed by atoms with van der Waals surface area (Å²) < 4.78 is 27.2. The van der Waals surface area contributed by atoms with Crippen molar-refractivity contribution in [3.63, 3.8) is 0 Å². The van der Waals surface area contributed by atoms with Crippen LogP contribution in [0.15, 0.2) is 59.6 Å². The number of hydrogen-bond acceptors (Lipinski definition) is 5. The number of halogens is 2. The van der Waals surface area contributed by atoms with Crippen molar-refractivity contribution < 1.29 is 13.2 Å². The molecule has 2 aromatic carbocycles. The van der Waals surface area contributed by atoms with Crippen LogP contribution < -0.4 is 15.4 Å². The highest BCUT2D eigenvalue weighted by Gasteiger charge is 2.16. The highest BCUT2D eigenvalue weighted by molar-refractivity contribution is 7.92. The second-order valence-corrected chi connectivity index (χ2v) is 8.36. The zero-order valence-electron chi connectivity index (χ0n) is 15.0. The minimum Gasteiger partial charge on any atom is -0.308 e. The first-order chi connectivity index (χ1) is 13.7. The Morgan fingerprint density at radius 1 is 0.931 bits per heavy atom. The standard InChI is InChI=1S/C18H15Cl2N5O3S/c1-11-8-9-21-17(22-11)25-29(27,28)14-5-2-12(3-6-14)23-18(26)24-13-4-7-15(19)16(20)10-13/h2-10H,1H3,(H,21,22,25)(H2,23,24,26). The van der Waals surface area contributed by atoms with E-state index in [1.54, 1.807) is 25.1 Å². The number of nitrogens with one attached hydrogen (secondary N) is 3. The quantitative estimate of drug-likeness (QED) is 0.526. The minimum atomic E-state index is -3.86. The van der Waals surface area contributed by atoms with Crippen LogP contribution in [0.1, 0.15) is 5.69 Å². The third kappa shape index (κ3) is 5.57. The molecule has 3 N–H and O–H groups in total. The summed E-state index contributed by atoms with van der Waals surface area (Å²) in [6.45, 7) is 1.73. The predicted molar refractivity (Wildman–Crippen MR) is 113 cm³/mol. The number of anilines is 3. The maximum Gasteiger partial charge on any atom is 0.323 e. The molecule has 2 amide bonds. The van der Waals surface area contributed by atoms with E-state index in [1.165, 1.54) is 36.5 Å². The average Bonchev–Trinajstić information content (AvgIpc) is 2.65. The molecule has 0 spiro atoms. The predicted octanol–water partition coefficient (Wildman–Crippen LogP) is 4.54. The first kappa shape index (κ1) is 20.8. The van der Waals surface area contributed by atoms with Crippen LogP contribution >= 0.6 is 23.2 Å². The number of carbonyl (C=O) groups excluding carboxylic acids is 1. The number of amides is 2. The van der Waals surface area contributed by atoms with Gasteiger partial charge in [0.05, 0.1) is 14.9 Å². The third-order valence-corrected chi connectivity index (χ3v) is 5.70. The van der Waals surface area contributed by atoms with Crippen molar-refractivity contribution in [2.45, 2.75) is 11.8 Å². The first-order valence-corrected chi connectivity index (χ1v) is 10.4. The fourth-order valence-electron chi connectivity index (χ4n) is 2.26. The molecular formula is C18H15Cl2N5O3S. The van der Waals surface area contributed by atoms with Gasteiger partial charge in [0.15, 0.2) is 0 Å². The Bertz CT molecular complexity index is 1150. The maximum absolute atomic E-state index is 12.4. The molecular weight excluding hydrogens is 437 g/mol. The summed E-state index contributed by atoms with van der Waals surface area (Å²) >= 11 is 11.7. The van der Waals surface area contributed by atoms with E-state index in [4.69, 9.17) is 23.2 Å². The van der Waals surface area contributed by atoms with Crippen molar-refractivity contribution in [2.75, 3.05) is 15.4 Å². The Balaban J connectivity index is 1.66. The lowest BCUT2D eigenvalue weighted by Gasteiger charge is -2.10. The van der Waals surface area contributed by atoms with Crippen LogP contribution in [0, 0.1) is 6.92 Å². The van der Waals surface area contributed by atoms with Crippen molar-refractivity contribution in [3.8, 4) is 0 Å². The van der Waals surface area contributed by atoms with Gasteiger partial charge >= 0.3 is 6.03 Å². The summed E-state index contributed by atoms with van der Waals surface area (Å²) in [7, 11) is -3.86. The van der Waals surface area contributed by atoms with Gasteiger partial charge in [0.2, 0.25) is 5.95 Å². The van der Waals surface area contributed by atoms with Crippen molar-refractivity contribution in [1.82, 2.24) is 9.97 Å². The first-order valence-electron chi connectivity index (χ1n) is 8.18. The Labute approximate surface area is 177 Å². The van der Waals surface area contributed by atoms with Crippen LogP contribution in [0.4, 0.5) is 22.1 Å². The van der Waals surface area contributed by atoms with Gasteiger partial charge in [-0.3, -0.25) is 0 Å². The lowest BCUT2D eigenvalue weighted by atomic mass is 10.3. The van der Waals surface area contributed by atoms with Gasteiger partial charge in [0.1, 0.15) is 0 Å². The van der Waals surface area contributed by atoms with Crippen molar-refractivity contribution in [3.05, 3.63) is 70.5 Å². The summed E-state index contributed by atoms with van der Waals surface area (Å²) in [4.78, 5) is 20.0. The van der Waals surface area contributed by atoms with Crippen LogP contribution in [0.25, 0.3) is 0 Å². The molecule has 0 saturated heterocycles. The van der Waals surface area contributed by atoms with Crippen molar-refractivity contribution in [1.29, 1.82) is 0 Å². The van der Waals surface area contributed by atoms with Crippen molar-refractivity contribution >= 4 is 56.6 Å². The number of hydrogen-bond donors (Lipinski definition) is 3. The molecule has 3 aromatic rings. The van der Waals surface area contributed by atoms with Gasteiger partial charge in [-0.1, -0.05) is 23.2 Å². The number of sulfonamides is 1. The minimum absolute atomic E-state index is 0.00181. The number of rotatable bonds is 5. The van der Waals surface area contributed by atoms with E-state index in [9.17, 15) is 13.2 Å². The van der Waals surface area contributed by atoms with Gasteiger partial charge in [-0.05, 0) is 55.5 Å². The molecule has 3 rings (SSSR count). The largest absolute Gasteiger partial charge is 0.323 e. The van der Waals surface area contributed by atoms with Crippen molar-refractivity contribution in [2.24, 2.45) is 0 Å². The van der Waals surface area contributed by atoms with E-state index >= 15 is 0 Å². The monoisotopic (exact) mass is 451 g/mol. The normalized spacial score (nSPS) is 11.0. The molecule has 0 aliphatic rings. The van der Waals surface area contributed by atoms with Gasteiger partial charge in [0.25, 0.3) is 10.0 Å². The van der Waals surface area contributed by atoms with E-state index in [2.05, 4.69) is 25.3 Å². The lowest BCUT2D eigenvalue weighted by Crippen LogP contribution is -2.19. The van der Waals surface area contributed by atoms with E-state index < -0.39 is 16.1 Å². The van der Waals surface area contributed by atoms with Gasteiger partial charge in [-0.2, -0.15) is 0 Å². The Morgan fingerprint density at radius 2 is 1.59 bits per heavy atom. The van der Waals surface area contributed by atoms with E-state index in [0.29, 0.717) is 27.1 Å². The van der Waals surface area contributed by atoms with Gasteiger partial charge < -0.3 is 10.6 Å². The van der Waals surface area contributed by atoms with Gasteiger partial charge in [0, 0.05) is 23.3 Å². The molecule has 0 saturated carbocycles. The molecule has 0 radical (unpaired) electrons. The average molecular weight is 452 g/mol. The summed E-state index contributed by atoms with van der Waals surface area (Å²) in [6, 6.07) is 11.4. The topological polar surface area (TPSA) is 113 Å². The Kier molecular flexibility index (Phi) is 6.21. The van der Waals surface area contributed by atoms with Crippen LogP contribution in [-0.2, 0) is 10.0 Å².